The van der Waals surface area contributed by atoms with Gasteiger partial charge in [-0.25, -0.2) is 24.1 Å². The van der Waals surface area contributed by atoms with Crippen molar-refractivity contribution in [2.24, 2.45) is 17.8 Å². The highest BCUT2D eigenvalue weighted by atomic mass is 19.4. The number of carboxylic acids is 1. The molecule has 1 amide bonds. The molecule has 5 heterocycles. The number of pyridine rings is 1. The first kappa shape index (κ1) is 36.3. The molecule has 53 heavy (non-hydrogen) atoms. The van der Waals surface area contributed by atoms with Gasteiger partial charge < -0.3 is 24.8 Å². The third-order valence-electron chi connectivity index (χ3n) is 12.6. The van der Waals surface area contributed by atoms with Crippen LogP contribution in [0.4, 0.5) is 38.0 Å². The molecule has 0 radical (unpaired) electrons. The number of halogens is 6. The summed E-state index contributed by atoms with van der Waals surface area (Å²) < 4.78 is 96.7. The van der Waals surface area contributed by atoms with E-state index in [2.05, 4.69) is 20.3 Å². The third kappa shape index (κ3) is 6.48. The highest BCUT2D eigenvalue weighted by Crippen LogP contribution is 2.61. The van der Waals surface area contributed by atoms with Crippen molar-refractivity contribution < 1.29 is 50.5 Å². The van der Waals surface area contributed by atoms with Crippen molar-refractivity contribution in [2.45, 2.75) is 99.5 Å². The number of ether oxygens (including phenoxy) is 2. The largest absolute Gasteiger partial charge is 0.479 e. The van der Waals surface area contributed by atoms with Crippen LogP contribution in [0.5, 0.6) is 5.88 Å². The maximum atomic E-state index is 15.5. The van der Waals surface area contributed by atoms with Gasteiger partial charge in [0, 0.05) is 57.4 Å². The van der Waals surface area contributed by atoms with Crippen molar-refractivity contribution >= 4 is 23.5 Å². The van der Waals surface area contributed by atoms with Crippen molar-refractivity contribution in [3.8, 4) is 5.88 Å². The second-order valence-corrected chi connectivity index (χ2v) is 16.2. The molecule has 5 atom stereocenters. The Morgan fingerprint density at radius 1 is 1.04 bits per heavy atom. The fourth-order valence-corrected chi connectivity index (χ4v) is 10.4. The fourth-order valence-electron chi connectivity index (χ4n) is 10.4. The maximum Gasteiger partial charge on any atom is 0.401 e. The van der Waals surface area contributed by atoms with Crippen molar-refractivity contribution in [3.05, 3.63) is 35.3 Å². The molecule has 9 rings (SSSR count). The lowest BCUT2D eigenvalue weighted by atomic mass is 9.47. The molecule has 17 heteroatoms. The summed E-state index contributed by atoms with van der Waals surface area (Å²) in [5.41, 5.74) is -3.83. The molecule has 4 bridgehead atoms. The van der Waals surface area contributed by atoms with Crippen molar-refractivity contribution in [2.75, 3.05) is 44.3 Å². The second kappa shape index (κ2) is 12.7. The zero-order valence-corrected chi connectivity index (χ0v) is 29.2. The molecule has 2 saturated heterocycles. The van der Waals surface area contributed by atoms with E-state index in [4.69, 9.17) is 9.47 Å². The Hall–Kier alpha value is -3.73. The van der Waals surface area contributed by atoms with E-state index < -0.39 is 70.2 Å². The van der Waals surface area contributed by atoms with Crippen LogP contribution in [0.3, 0.4) is 0 Å². The van der Waals surface area contributed by atoms with E-state index in [9.17, 15) is 27.9 Å². The van der Waals surface area contributed by atoms with Gasteiger partial charge in [-0.3, -0.25) is 9.69 Å². The SMILES string of the molecule is CC(F)(F)c1nc(N2CC3(CCOCC3)c3cc(OC4CCN(CC(F)(F)F)CC4)ncc32)ncc1C(=O)NC1(C(=O)O)[C@@H]2CC3C[C@H]1CC(F)(C3)C2. The highest BCUT2D eigenvalue weighted by molar-refractivity contribution is 5.99. The van der Waals surface area contributed by atoms with E-state index in [0.29, 0.717) is 83.2 Å². The highest BCUT2D eigenvalue weighted by Gasteiger charge is 2.67. The molecule has 2 N–H and O–H groups in total. The third-order valence-corrected chi connectivity index (χ3v) is 12.6. The Morgan fingerprint density at radius 2 is 1.72 bits per heavy atom. The van der Waals surface area contributed by atoms with Gasteiger partial charge in [-0.15, -0.1) is 0 Å². The van der Waals surface area contributed by atoms with E-state index in [-0.39, 0.29) is 43.9 Å². The minimum Gasteiger partial charge on any atom is -0.479 e. The number of aromatic nitrogens is 3. The molecule has 11 nitrogen and oxygen atoms in total. The minimum absolute atomic E-state index is 0.0119. The molecule has 288 valence electrons. The number of hydrogen-bond donors (Lipinski definition) is 2. The number of carbonyl (C=O) groups excluding carboxylic acids is 1. The summed E-state index contributed by atoms with van der Waals surface area (Å²) in [5.74, 6) is -7.11. The first-order chi connectivity index (χ1) is 25.0. The number of alkyl halides is 6. The minimum atomic E-state index is -4.28. The normalized spacial score (nSPS) is 31.2. The zero-order valence-electron chi connectivity index (χ0n) is 29.2. The van der Waals surface area contributed by atoms with Crippen molar-refractivity contribution in [1.29, 1.82) is 0 Å². The Kier molecular flexibility index (Phi) is 8.67. The van der Waals surface area contributed by atoms with E-state index in [1.807, 2.05) is 0 Å². The number of nitrogens with one attached hydrogen (secondary N) is 1. The summed E-state index contributed by atoms with van der Waals surface area (Å²) in [7, 11) is 0. The second-order valence-electron chi connectivity index (χ2n) is 16.2. The van der Waals surface area contributed by atoms with Crippen LogP contribution >= 0.6 is 0 Å². The number of nitrogens with zero attached hydrogens (tertiary/aromatic N) is 5. The Balaban J connectivity index is 1.07. The van der Waals surface area contributed by atoms with Gasteiger partial charge in [0.15, 0.2) is 0 Å². The summed E-state index contributed by atoms with van der Waals surface area (Å²) in [4.78, 5) is 42.9. The van der Waals surface area contributed by atoms with E-state index in [0.717, 1.165) is 11.8 Å². The summed E-state index contributed by atoms with van der Waals surface area (Å²) in [6.45, 7) is 1.29. The molecule has 4 saturated carbocycles. The van der Waals surface area contributed by atoms with Gasteiger partial charge in [0.05, 0.1) is 24.0 Å². The van der Waals surface area contributed by atoms with E-state index >= 15 is 13.2 Å². The van der Waals surface area contributed by atoms with Gasteiger partial charge in [-0.1, -0.05) is 0 Å². The fraction of sp³-hybridized carbons (Fsp3) is 0.694. The van der Waals surface area contributed by atoms with Gasteiger partial charge in [-0.2, -0.15) is 22.0 Å². The number of carbonyl (C=O) groups is 2. The topological polar surface area (TPSA) is 130 Å². The molecule has 2 aromatic rings. The quantitative estimate of drug-likeness (QED) is 0.325. The average Bonchev–Trinajstić information content (AvgIpc) is 3.37. The lowest BCUT2D eigenvalue weighted by molar-refractivity contribution is -0.174. The van der Waals surface area contributed by atoms with Crippen LogP contribution in [0, 0.1) is 17.8 Å². The number of hydrogen-bond acceptors (Lipinski definition) is 9. The van der Waals surface area contributed by atoms with E-state index in [1.54, 1.807) is 17.2 Å². The number of rotatable bonds is 8. The van der Waals surface area contributed by atoms with Gasteiger partial charge in [-0.05, 0) is 81.1 Å². The molecule has 1 spiro atoms. The Labute approximate surface area is 301 Å². The van der Waals surface area contributed by atoms with Gasteiger partial charge >= 0.3 is 12.1 Å². The van der Waals surface area contributed by atoms with Crippen LogP contribution < -0.4 is 15.0 Å². The van der Waals surface area contributed by atoms with Crippen LogP contribution in [0.2, 0.25) is 0 Å². The molecule has 2 aromatic heterocycles. The van der Waals surface area contributed by atoms with Crippen LogP contribution in [0.25, 0.3) is 0 Å². The van der Waals surface area contributed by atoms with Crippen molar-refractivity contribution in [1.82, 2.24) is 25.2 Å². The Morgan fingerprint density at radius 3 is 2.32 bits per heavy atom. The molecule has 4 aliphatic carbocycles. The van der Waals surface area contributed by atoms with E-state index in [1.165, 1.54) is 4.90 Å². The monoisotopic (exact) mass is 752 g/mol. The molecular weight excluding hydrogens is 710 g/mol. The first-order valence-electron chi connectivity index (χ1n) is 18.3. The van der Waals surface area contributed by atoms with Gasteiger partial charge in [0.2, 0.25) is 11.8 Å². The number of carboxylic acid groups (broad SMARTS) is 1. The maximum absolute atomic E-state index is 15.5. The Bertz CT molecular complexity index is 1760. The van der Waals surface area contributed by atoms with Gasteiger partial charge in [0.1, 0.15) is 23.0 Å². The van der Waals surface area contributed by atoms with Crippen molar-refractivity contribution in [3.63, 3.8) is 0 Å². The first-order valence-corrected chi connectivity index (χ1v) is 18.3. The van der Waals surface area contributed by atoms with Crippen LogP contribution in [-0.2, 0) is 20.9 Å². The molecule has 3 aliphatic heterocycles. The predicted molar refractivity (Wildman–Crippen MR) is 176 cm³/mol. The number of aliphatic carboxylic acids is 1. The number of amides is 1. The number of anilines is 2. The lowest BCUT2D eigenvalue weighted by Crippen LogP contribution is -2.72. The van der Waals surface area contributed by atoms with Gasteiger partial charge in [0.25, 0.3) is 11.8 Å². The van der Waals surface area contributed by atoms with Crippen LogP contribution in [0.1, 0.15) is 86.3 Å². The predicted octanol–water partition coefficient (Wildman–Crippen LogP) is 5.69. The number of piperidine rings is 1. The summed E-state index contributed by atoms with van der Waals surface area (Å²) in [5, 5.41) is 13.1. The molecular formula is C36H42F6N6O5. The summed E-state index contributed by atoms with van der Waals surface area (Å²) in [6.07, 6.45) is 1.13. The average molecular weight is 753 g/mol. The number of fused-ring (bicyclic) bond motifs is 2. The summed E-state index contributed by atoms with van der Waals surface area (Å²) >= 11 is 0. The molecule has 0 aromatic carbocycles. The van der Waals surface area contributed by atoms with Crippen LogP contribution in [0.15, 0.2) is 18.5 Å². The summed E-state index contributed by atoms with van der Waals surface area (Å²) in [6, 6.07) is 1.79. The molecule has 6 fully saturated rings. The lowest BCUT2D eigenvalue weighted by Gasteiger charge is -2.61. The standard InChI is InChI=1S/C36H42F6N6O5/c1-32(37,38)28-24(29(49)46-36(30(50)51)21-10-20-11-22(36)15-34(39,13-20)14-21)16-44-31(45-28)48-18-33(4-8-52-9-5-33)25-12-27(43-17-26(25)48)53-23-2-6-47(7-3-23)19-35(40,41)42/h12,16-17,20-23H,2-11,13-15,18-19H2,1H3,(H,46,49)(H,50,51)/t20?,21-,22+,34?,36?. The zero-order chi connectivity index (χ0) is 37.6. The number of likely N-dealkylation sites (tertiary alicyclic amines) is 1. The smallest absolute Gasteiger partial charge is 0.401 e. The molecule has 7 aliphatic rings. The molecule has 3 unspecified atom stereocenters. The van der Waals surface area contributed by atoms with Crippen LogP contribution in [-0.4, -0.2) is 99.7 Å².